The smallest absolute Gasteiger partial charge is 0.269 e. The van der Waals surface area contributed by atoms with Crippen molar-refractivity contribution in [2.45, 2.75) is 25.4 Å². The van der Waals surface area contributed by atoms with Gasteiger partial charge in [-0.05, 0) is 36.6 Å². The van der Waals surface area contributed by atoms with Crippen LogP contribution in [-0.2, 0) is 6.54 Å². The van der Waals surface area contributed by atoms with Gasteiger partial charge in [-0.15, -0.1) is 0 Å². The fraction of sp³-hybridized carbons (Fsp3) is 0.286. The lowest BCUT2D eigenvalue weighted by molar-refractivity contribution is 0.611. The monoisotopic (exact) mass is 293 g/mol. The van der Waals surface area contributed by atoms with E-state index in [-0.39, 0.29) is 17.9 Å². The Hall–Kier alpha value is -1.88. The predicted molar refractivity (Wildman–Crippen MR) is 75.7 cm³/mol. The highest BCUT2D eigenvalue weighted by atomic mass is 35.5. The van der Waals surface area contributed by atoms with E-state index in [0.29, 0.717) is 16.6 Å². The van der Waals surface area contributed by atoms with Crippen LogP contribution in [0.1, 0.15) is 18.4 Å². The van der Waals surface area contributed by atoms with Crippen LogP contribution in [0.25, 0.3) is 0 Å². The Morgan fingerprint density at radius 3 is 2.90 bits per heavy atom. The molecule has 1 aliphatic rings. The van der Waals surface area contributed by atoms with Crippen molar-refractivity contribution in [2.24, 2.45) is 0 Å². The molecule has 0 radical (unpaired) electrons. The zero-order valence-corrected chi connectivity index (χ0v) is 11.4. The summed E-state index contributed by atoms with van der Waals surface area (Å²) in [5, 5.41) is 7.71. The number of halogens is 2. The number of anilines is 1. The Kier molecular flexibility index (Phi) is 3.44. The molecule has 1 N–H and O–H groups in total. The Morgan fingerprint density at radius 2 is 2.20 bits per heavy atom. The maximum absolute atomic E-state index is 13.2. The van der Waals surface area contributed by atoms with Gasteiger partial charge < -0.3 is 5.32 Å². The average molecular weight is 294 g/mol. The molecule has 3 rings (SSSR count). The third-order valence-electron chi connectivity index (χ3n) is 3.15. The van der Waals surface area contributed by atoms with E-state index in [1.54, 1.807) is 6.20 Å². The SMILES string of the molecule is O=c1cc(NC2CC2)cnn1Cc1cc(F)ccc1Cl. The molecule has 1 fully saturated rings. The van der Waals surface area contributed by atoms with Gasteiger partial charge in [0.2, 0.25) is 0 Å². The van der Waals surface area contributed by atoms with Crippen molar-refractivity contribution >= 4 is 17.3 Å². The maximum atomic E-state index is 13.2. The lowest BCUT2D eigenvalue weighted by atomic mass is 10.2. The number of nitrogens with zero attached hydrogens (tertiary/aromatic N) is 2. The molecule has 0 saturated heterocycles. The zero-order valence-electron chi connectivity index (χ0n) is 10.6. The average Bonchev–Trinajstić information content (AvgIpc) is 3.21. The Bertz CT molecular complexity index is 697. The lowest BCUT2D eigenvalue weighted by Gasteiger charge is -2.08. The second kappa shape index (κ2) is 5.25. The summed E-state index contributed by atoms with van der Waals surface area (Å²) in [5.74, 6) is -0.385. The van der Waals surface area contributed by atoms with Crippen LogP contribution in [0.4, 0.5) is 10.1 Å². The predicted octanol–water partition coefficient (Wildman–Crippen LogP) is 2.66. The van der Waals surface area contributed by atoms with Gasteiger partial charge in [-0.3, -0.25) is 4.79 Å². The summed E-state index contributed by atoms with van der Waals surface area (Å²) in [6, 6.07) is 6.03. The van der Waals surface area contributed by atoms with E-state index < -0.39 is 0 Å². The molecule has 1 heterocycles. The second-order valence-electron chi connectivity index (χ2n) is 4.89. The summed E-state index contributed by atoms with van der Waals surface area (Å²) >= 11 is 5.98. The van der Waals surface area contributed by atoms with Crippen molar-refractivity contribution in [1.82, 2.24) is 9.78 Å². The van der Waals surface area contributed by atoms with Gasteiger partial charge in [0.1, 0.15) is 5.82 Å². The first kappa shape index (κ1) is 13.1. The van der Waals surface area contributed by atoms with Gasteiger partial charge in [0, 0.05) is 17.1 Å². The molecule has 0 atom stereocenters. The van der Waals surface area contributed by atoms with Gasteiger partial charge in [0.05, 0.1) is 18.4 Å². The van der Waals surface area contributed by atoms with Gasteiger partial charge in [0.25, 0.3) is 5.56 Å². The van der Waals surface area contributed by atoms with Crippen LogP contribution in [0.5, 0.6) is 0 Å². The molecule has 0 unspecified atom stereocenters. The first-order valence-electron chi connectivity index (χ1n) is 6.39. The molecule has 0 spiro atoms. The zero-order chi connectivity index (χ0) is 14.1. The number of nitrogens with one attached hydrogen (secondary N) is 1. The third kappa shape index (κ3) is 2.99. The number of hydrogen-bond acceptors (Lipinski definition) is 3. The van der Waals surface area contributed by atoms with Crippen LogP contribution < -0.4 is 10.9 Å². The highest BCUT2D eigenvalue weighted by Gasteiger charge is 2.21. The molecule has 4 nitrogen and oxygen atoms in total. The number of benzene rings is 1. The lowest BCUT2D eigenvalue weighted by Crippen LogP contribution is -2.23. The molecule has 1 aliphatic carbocycles. The Balaban J connectivity index is 1.83. The normalized spacial score (nSPS) is 14.3. The molecule has 6 heteroatoms. The fourth-order valence-corrected chi connectivity index (χ4v) is 2.10. The Morgan fingerprint density at radius 1 is 1.40 bits per heavy atom. The standard InChI is InChI=1S/C14H13ClFN3O/c15-13-4-1-10(16)5-9(13)8-19-14(20)6-12(7-17-19)18-11-2-3-11/h1,4-7,11,18H,2-3,8H2. The molecule has 1 aromatic heterocycles. The second-order valence-corrected chi connectivity index (χ2v) is 5.30. The van der Waals surface area contributed by atoms with E-state index >= 15 is 0 Å². The summed E-state index contributed by atoms with van der Waals surface area (Å²) in [6.07, 6.45) is 3.86. The third-order valence-corrected chi connectivity index (χ3v) is 3.51. The summed E-state index contributed by atoms with van der Waals surface area (Å²) < 4.78 is 14.5. The highest BCUT2D eigenvalue weighted by molar-refractivity contribution is 6.31. The van der Waals surface area contributed by atoms with E-state index in [0.717, 1.165) is 18.5 Å². The molecular formula is C14H13ClFN3O. The van der Waals surface area contributed by atoms with Gasteiger partial charge in [-0.1, -0.05) is 11.6 Å². The van der Waals surface area contributed by atoms with Crippen molar-refractivity contribution in [3.8, 4) is 0 Å². The Labute approximate surface area is 120 Å². The first-order chi connectivity index (χ1) is 9.61. The van der Waals surface area contributed by atoms with Crippen LogP contribution in [0.3, 0.4) is 0 Å². The minimum Gasteiger partial charge on any atom is -0.381 e. The molecule has 0 aliphatic heterocycles. The molecule has 20 heavy (non-hydrogen) atoms. The van der Waals surface area contributed by atoms with E-state index in [1.165, 1.54) is 28.9 Å². The highest BCUT2D eigenvalue weighted by Crippen LogP contribution is 2.23. The summed E-state index contributed by atoms with van der Waals surface area (Å²) in [6.45, 7) is 0.152. The maximum Gasteiger partial charge on any atom is 0.269 e. The van der Waals surface area contributed by atoms with Crippen LogP contribution in [0.15, 0.2) is 35.3 Å². The van der Waals surface area contributed by atoms with Gasteiger partial charge >= 0.3 is 0 Å². The topological polar surface area (TPSA) is 46.9 Å². The van der Waals surface area contributed by atoms with E-state index in [4.69, 9.17) is 11.6 Å². The van der Waals surface area contributed by atoms with Crippen molar-refractivity contribution in [3.63, 3.8) is 0 Å². The molecule has 1 saturated carbocycles. The fourth-order valence-electron chi connectivity index (χ4n) is 1.92. The molecule has 2 aromatic rings. The van der Waals surface area contributed by atoms with Crippen molar-refractivity contribution < 1.29 is 4.39 Å². The van der Waals surface area contributed by atoms with Crippen LogP contribution in [0, 0.1) is 5.82 Å². The van der Waals surface area contributed by atoms with Crippen molar-refractivity contribution in [3.05, 3.63) is 57.2 Å². The number of rotatable bonds is 4. The minimum atomic E-state index is -0.385. The van der Waals surface area contributed by atoms with Gasteiger partial charge in [0.15, 0.2) is 0 Å². The first-order valence-corrected chi connectivity index (χ1v) is 6.77. The molecule has 0 amide bonds. The van der Waals surface area contributed by atoms with Crippen LogP contribution in [-0.4, -0.2) is 15.8 Å². The van der Waals surface area contributed by atoms with Gasteiger partial charge in [-0.2, -0.15) is 5.10 Å². The minimum absolute atomic E-state index is 0.152. The quantitative estimate of drug-likeness (QED) is 0.943. The molecule has 104 valence electrons. The van der Waals surface area contributed by atoms with Gasteiger partial charge in [-0.25, -0.2) is 9.07 Å². The largest absolute Gasteiger partial charge is 0.381 e. The molecular weight excluding hydrogens is 281 g/mol. The van der Waals surface area contributed by atoms with Crippen LogP contribution in [0.2, 0.25) is 5.02 Å². The molecule has 1 aromatic carbocycles. The summed E-state index contributed by atoms with van der Waals surface area (Å²) in [5.41, 5.74) is 1.01. The summed E-state index contributed by atoms with van der Waals surface area (Å²) in [7, 11) is 0. The summed E-state index contributed by atoms with van der Waals surface area (Å²) in [4.78, 5) is 12.0. The van der Waals surface area contributed by atoms with E-state index in [2.05, 4.69) is 10.4 Å². The molecule has 0 bridgehead atoms. The van der Waals surface area contributed by atoms with Crippen molar-refractivity contribution in [1.29, 1.82) is 0 Å². The number of aromatic nitrogens is 2. The van der Waals surface area contributed by atoms with E-state index in [1.807, 2.05) is 0 Å². The van der Waals surface area contributed by atoms with Crippen LogP contribution >= 0.6 is 11.6 Å². The van der Waals surface area contributed by atoms with E-state index in [9.17, 15) is 9.18 Å². The van der Waals surface area contributed by atoms with Crippen molar-refractivity contribution in [2.75, 3.05) is 5.32 Å². The number of hydrogen-bond donors (Lipinski definition) is 1.